The highest BCUT2D eigenvalue weighted by atomic mass is 16.3. The number of aromatic nitrogens is 1. The Kier molecular flexibility index (Phi) is 3.92. The van der Waals surface area contributed by atoms with E-state index in [1.807, 2.05) is 56.3 Å². The number of carbonyl (C=O) groups is 1. The number of nitrogens with one attached hydrogen (secondary N) is 1. The van der Waals surface area contributed by atoms with Crippen molar-refractivity contribution >= 4 is 17.0 Å². The zero-order valence-electron chi connectivity index (χ0n) is 12.7. The lowest BCUT2D eigenvalue weighted by Crippen LogP contribution is -2.24. The molecule has 1 amide bonds. The minimum absolute atomic E-state index is 0.0118. The van der Waals surface area contributed by atoms with Gasteiger partial charge in [0, 0.05) is 13.5 Å². The third-order valence-electron chi connectivity index (χ3n) is 3.53. The zero-order valence-corrected chi connectivity index (χ0v) is 12.7. The molecule has 22 heavy (non-hydrogen) atoms. The molecular weight excluding hydrogens is 276 g/mol. The number of amides is 1. The number of benzene rings is 2. The van der Waals surface area contributed by atoms with E-state index in [0.29, 0.717) is 18.9 Å². The van der Waals surface area contributed by atoms with Gasteiger partial charge in [0.2, 0.25) is 5.91 Å². The van der Waals surface area contributed by atoms with E-state index >= 15 is 0 Å². The third kappa shape index (κ3) is 3.34. The summed E-state index contributed by atoms with van der Waals surface area (Å²) in [5.41, 5.74) is 4.81. The molecule has 1 heterocycles. The quantitative estimate of drug-likeness (QED) is 0.803. The van der Waals surface area contributed by atoms with Gasteiger partial charge in [0.05, 0.1) is 6.42 Å². The standard InChI is InChI=1S/C18H18N2O2/c1-12-3-5-14(6-4-12)10-18(21)19-11-15-7-8-16-17(9-15)22-13(2)20-16/h3-9H,10-11H2,1-2H3,(H,19,21). The third-order valence-corrected chi connectivity index (χ3v) is 3.53. The van der Waals surface area contributed by atoms with Crippen LogP contribution in [0.4, 0.5) is 0 Å². The highest BCUT2D eigenvalue weighted by Gasteiger charge is 2.06. The maximum Gasteiger partial charge on any atom is 0.224 e. The van der Waals surface area contributed by atoms with Crippen LogP contribution in [0.2, 0.25) is 0 Å². The van der Waals surface area contributed by atoms with Gasteiger partial charge in [-0.3, -0.25) is 4.79 Å². The summed E-state index contributed by atoms with van der Waals surface area (Å²) in [5.74, 6) is 0.660. The molecule has 112 valence electrons. The molecule has 0 aliphatic rings. The summed E-state index contributed by atoms with van der Waals surface area (Å²) in [6.45, 7) is 4.34. The Morgan fingerprint density at radius 1 is 1.09 bits per heavy atom. The summed E-state index contributed by atoms with van der Waals surface area (Å²) in [6, 6.07) is 13.8. The van der Waals surface area contributed by atoms with Crippen molar-refractivity contribution in [2.45, 2.75) is 26.8 Å². The highest BCUT2D eigenvalue weighted by molar-refractivity contribution is 5.79. The van der Waals surface area contributed by atoms with Crippen molar-refractivity contribution in [3.63, 3.8) is 0 Å². The maximum atomic E-state index is 12.0. The lowest BCUT2D eigenvalue weighted by Gasteiger charge is -2.06. The van der Waals surface area contributed by atoms with Crippen molar-refractivity contribution in [1.29, 1.82) is 0 Å². The van der Waals surface area contributed by atoms with Crippen molar-refractivity contribution in [2.75, 3.05) is 0 Å². The number of hydrogen-bond donors (Lipinski definition) is 1. The van der Waals surface area contributed by atoms with Crippen LogP contribution in [-0.4, -0.2) is 10.9 Å². The molecular formula is C18H18N2O2. The van der Waals surface area contributed by atoms with Crippen molar-refractivity contribution < 1.29 is 9.21 Å². The number of hydrogen-bond acceptors (Lipinski definition) is 3. The van der Waals surface area contributed by atoms with Gasteiger partial charge in [0.1, 0.15) is 5.52 Å². The molecule has 4 nitrogen and oxygen atoms in total. The molecule has 3 aromatic rings. The fourth-order valence-corrected chi connectivity index (χ4v) is 2.35. The van der Waals surface area contributed by atoms with E-state index in [-0.39, 0.29) is 5.91 Å². The van der Waals surface area contributed by atoms with Gasteiger partial charge in [0.15, 0.2) is 11.5 Å². The molecule has 0 saturated heterocycles. The first-order valence-corrected chi connectivity index (χ1v) is 7.28. The molecule has 0 spiro atoms. The van der Waals surface area contributed by atoms with Gasteiger partial charge in [-0.05, 0) is 30.2 Å². The van der Waals surface area contributed by atoms with Gasteiger partial charge in [0.25, 0.3) is 0 Å². The van der Waals surface area contributed by atoms with Crippen LogP contribution >= 0.6 is 0 Å². The van der Waals surface area contributed by atoms with E-state index in [4.69, 9.17) is 4.42 Å². The Morgan fingerprint density at radius 3 is 2.59 bits per heavy atom. The smallest absolute Gasteiger partial charge is 0.224 e. The lowest BCUT2D eigenvalue weighted by molar-refractivity contribution is -0.120. The van der Waals surface area contributed by atoms with Crippen LogP contribution in [0.5, 0.6) is 0 Å². The van der Waals surface area contributed by atoms with Crippen molar-refractivity contribution in [2.24, 2.45) is 0 Å². The average Bonchev–Trinajstić information content (AvgIpc) is 2.87. The van der Waals surface area contributed by atoms with Gasteiger partial charge in [-0.15, -0.1) is 0 Å². The van der Waals surface area contributed by atoms with E-state index in [1.165, 1.54) is 5.56 Å². The molecule has 3 rings (SSSR count). The van der Waals surface area contributed by atoms with E-state index in [2.05, 4.69) is 10.3 Å². The second-order valence-corrected chi connectivity index (χ2v) is 5.47. The summed E-state index contributed by atoms with van der Waals surface area (Å²) in [4.78, 5) is 16.2. The van der Waals surface area contributed by atoms with E-state index in [9.17, 15) is 4.79 Å². The summed E-state index contributed by atoms with van der Waals surface area (Å²) >= 11 is 0. The van der Waals surface area contributed by atoms with E-state index < -0.39 is 0 Å². The summed E-state index contributed by atoms with van der Waals surface area (Å²) < 4.78 is 5.50. The number of oxazole rings is 1. The molecule has 0 saturated carbocycles. The van der Waals surface area contributed by atoms with Crippen molar-refractivity contribution in [1.82, 2.24) is 10.3 Å². The minimum Gasteiger partial charge on any atom is -0.441 e. The van der Waals surface area contributed by atoms with E-state index in [0.717, 1.165) is 22.2 Å². The Morgan fingerprint density at radius 2 is 1.82 bits per heavy atom. The molecule has 0 radical (unpaired) electrons. The fourth-order valence-electron chi connectivity index (χ4n) is 2.35. The molecule has 2 aromatic carbocycles. The van der Waals surface area contributed by atoms with Gasteiger partial charge in [-0.25, -0.2) is 4.98 Å². The Labute approximate surface area is 129 Å². The first-order chi connectivity index (χ1) is 10.6. The topological polar surface area (TPSA) is 55.1 Å². The number of aryl methyl sites for hydroxylation is 2. The maximum absolute atomic E-state index is 12.0. The molecule has 0 unspecified atom stereocenters. The first-order valence-electron chi connectivity index (χ1n) is 7.28. The van der Waals surface area contributed by atoms with Crippen LogP contribution in [-0.2, 0) is 17.8 Å². The normalized spacial score (nSPS) is 10.8. The highest BCUT2D eigenvalue weighted by Crippen LogP contribution is 2.16. The largest absolute Gasteiger partial charge is 0.441 e. The number of nitrogens with zero attached hydrogens (tertiary/aromatic N) is 1. The van der Waals surface area contributed by atoms with Crippen LogP contribution in [0, 0.1) is 13.8 Å². The number of rotatable bonds is 4. The Hall–Kier alpha value is -2.62. The van der Waals surface area contributed by atoms with Crippen LogP contribution in [0.1, 0.15) is 22.6 Å². The predicted molar refractivity (Wildman–Crippen MR) is 85.5 cm³/mol. The molecule has 0 atom stereocenters. The van der Waals surface area contributed by atoms with Crippen LogP contribution in [0.25, 0.3) is 11.1 Å². The molecule has 0 aliphatic heterocycles. The molecule has 1 aromatic heterocycles. The second-order valence-electron chi connectivity index (χ2n) is 5.47. The van der Waals surface area contributed by atoms with Crippen LogP contribution in [0.15, 0.2) is 46.9 Å². The summed E-state index contributed by atoms with van der Waals surface area (Å²) in [7, 11) is 0. The molecule has 1 N–H and O–H groups in total. The van der Waals surface area contributed by atoms with Crippen LogP contribution < -0.4 is 5.32 Å². The monoisotopic (exact) mass is 294 g/mol. The van der Waals surface area contributed by atoms with Gasteiger partial charge < -0.3 is 9.73 Å². The SMILES string of the molecule is Cc1ccc(CC(=O)NCc2ccc3nc(C)oc3c2)cc1. The summed E-state index contributed by atoms with van der Waals surface area (Å²) in [5, 5.41) is 2.93. The zero-order chi connectivity index (χ0) is 15.5. The average molecular weight is 294 g/mol. The van der Waals surface area contributed by atoms with E-state index in [1.54, 1.807) is 0 Å². The fraction of sp³-hybridized carbons (Fsp3) is 0.222. The van der Waals surface area contributed by atoms with Crippen molar-refractivity contribution in [3.8, 4) is 0 Å². The lowest BCUT2D eigenvalue weighted by atomic mass is 10.1. The first kappa shape index (κ1) is 14.3. The Bertz CT molecular complexity index is 804. The van der Waals surface area contributed by atoms with Crippen LogP contribution in [0.3, 0.4) is 0 Å². The predicted octanol–water partition coefficient (Wildman–Crippen LogP) is 3.30. The van der Waals surface area contributed by atoms with Gasteiger partial charge in [-0.2, -0.15) is 0 Å². The molecule has 0 aliphatic carbocycles. The number of fused-ring (bicyclic) bond motifs is 1. The second kappa shape index (κ2) is 6.02. The summed E-state index contributed by atoms with van der Waals surface area (Å²) in [6.07, 6.45) is 0.393. The molecule has 4 heteroatoms. The Balaban J connectivity index is 1.60. The van der Waals surface area contributed by atoms with Gasteiger partial charge >= 0.3 is 0 Å². The van der Waals surface area contributed by atoms with Crippen molar-refractivity contribution in [3.05, 3.63) is 65.0 Å². The molecule has 0 bridgehead atoms. The molecule has 0 fully saturated rings. The van der Waals surface area contributed by atoms with Gasteiger partial charge in [-0.1, -0.05) is 35.9 Å². The minimum atomic E-state index is 0.0118. The number of carbonyl (C=O) groups excluding carboxylic acids is 1.